The van der Waals surface area contributed by atoms with Gasteiger partial charge in [-0.3, -0.25) is 14.4 Å². The van der Waals surface area contributed by atoms with Gasteiger partial charge in [0.2, 0.25) is 0 Å². The van der Waals surface area contributed by atoms with E-state index >= 15 is 0 Å². The van der Waals surface area contributed by atoms with Gasteiger partial charge in [0.1, 0.15) is 13.2 Å². The number of hydrogen-bond donors (Lipinski definition) is 0. The molecule has 0 aromatic rings. The largest absolute Gasteiger partial charge is 0.462 e. The number of carbonyl (C=O) groups is 3. The van der Waals surface area contributed by atoms with Crippen molar-refractivity contribution < 1.29 is 28.6 Å². The van der Waals surface area contributed by atoms with Crippen LogP contribution >= 0.6 is 0 Å². The van der Waals surface area contributed by atoms with Crippen LogP contribution in [-0.4, -0.2) is 37.2 Å². The van der Waals surface area contributed by atoms with Crippen LogP contribution in [0, 0.1) is 0 Å². The summed E-state index contributed by atoms with van der Waals surface area (Å²) in [7, 11) is 0. The second kappa shape index (κ2) is 62.6. The zero-order chi connectivity index (χ0) is 55.0. The molecule has 0 saturated heterocycles. The van der Waals surface area contributed by atoms with Gasteiger partial charge < -0.3 is 14.2 Å². The van der Waals surface area contributed by atoms with E-state index in [-0.39, 0.29) is 44.0 Å². The smallest absolute Gasteiger partial charge is 0.306 e. The molecule has 0 aliphatic carbocycles. The highest BCUT2D eigenvalue weighted by atomic mass is 16.6. The minimum absolute atomic E-state index is 0.113. The predicted molar refractivity (Wildman–Crippen MR) is 329 cm³/mol. The maximum atomic E-state index is 12.9. The Hall–Kier alpha value is -4.97. The summed E-state index contributed by atoms with van der Waals surface area (Å²) in [5.74, 6) is -0.996. The monoisotopic (exact) mass is 1050 g/mol. The number of hydrogen-bond acceptors (Lipinski definition) is 6. The summed E-state index contributed by atoms with van der Waals surface area (Å²) >= 11 is 0. The van der Waals surface area contributed by atoms with Crippen molar-refractivity contribution in [1.29, 1.82) is 0 Å². The van der Waals surface area contributed by atoms with E-state index in [0.717, 1.165) is 154 Å². The first-order valence-electron chi connectivity index (χ1n) is 30.5. The van der Waals surface area contributed by atoms with Crippen LogP contribution in [0.1, 0.15) is 245 Å². The van der Waals surface area contributed by atoms with Gasteiger partial charge in [0.05, 0.1) is 0 Å². The van der Waals surface area contributed by atoms with E-state index in [1.54, 1.807) is 0 Å². The zero-order valence-corrected chi connectivity index (χ0v) is 48.7. The van der Waals surface area contributed by atoms with Crippen LogP contribution < -0.4 is 0 Å². The minimum atomic E-state index is -0.821. The van der Waals surface area contributed by atoms with E-state index in [1.807, 2.05) is 0 Å². The fraction of sp³-hybridized carbons (Fsp3) is 0.586. The first kappa shape index (κ1) is 71.0. The molecular formula is C70H110O6. The van der Waals surface area contributed by atoms with Crippen LogP contribution in [0.5, 0.6) is 0 Å². The molecule has 0 bridgehead atoms. The highest BCUT2D eigenvalue weighted by Gasteiger charge is 2.19. The highest BCUT2D eigenvalue weighted by molar-refractivity contribution is 5.71. The van der Waals surface area contributed by atoms with Gasteiger partial charge in [-0.1, -0.05) is 237 Å². The molecule has 0 amide bonds. The summed E-state index contributed by atoms with van der Waals surface area (Å²) in [4.78, 5) is 38.2. The molecule has 426 valence electrons. The van der Waals surface area contributed by atoms with E-state index < -0.39 is 6.10 Å². The zero-order valence-electron chi connectivity index (χ0n) is 48.7. The fourth-order valence-electron chi connectivity index (χ4n) is 7.74. The Labute approximate surface area is 467 Å². The van der Waals surface area contributed by atoms with E-state index in [9.17, 15) is 14.4 Å². The molecule has 6 heteroatoms. The molecule has 0 aromatic heterocycles. The summed E-state index contributed by atoms with van der Waals surface area (Å²) in [5, 5.41) is 0. The number of ether oxygens (including phenoxy) is 3. The van der Waals surface area contributed by atoms with Gasteiger partial charge in [-0.25, -0.2) is 0 Å². The Balaban J connectivity index is 4.51. The van der Waals surface area contributed by atoms with Crippen molar-refractivity contribution in [2.45, 2.75) is 252 Å². The molecule has 0 aromatic carbocycles. The maximum Gasteiger partial charge on any atom is 0.306 e. The third-order valence-corrected chi connectivity index (χ3v) is 12.2. The Kier molecular flexibility index (Phi) is 58.5. The first-order chi connectivity index (χ1) is 37.5. The van der Waals surface area contributed by atoms with E-state index in [0.29, 0.717) is 12.8 Å². The third-order valence-electron chi connectivity index (χ3n) is 12.2. The second-order valence-corrected chi connectivity index (χ2v) is 19.5. The van der Waals surface area contributed by atoms with Crippen molar-refractivity contribution in [3.63, 3.8) is 0 Å². The van der Waals surface area contributed by atoms with Crippen LogP contribution in [0.2, 0.25) is 0 Å². The van der Waals surface area contributed by atoms with E-state index in [2.05, 4.69) is 179 Å². The fourth-order valence-corrected chi connectivity index (χ4v) is 7.74. The number of rotatable bonds is 53. The van der Waals surface area contributed by atoms with Gasteiger partial charge in [-0.05, 0) is 148 Å². The third kappa shape index (κ3) is 59.9. The summed E-state index contributed by atoms with van der Waals surface area (Å²) in [6, 6.07) is 0. The lowest BCUT2D eigenvalue weighted by atomic mass is 10.1. The molecule has 6 nitrogen and oxygen atoms in total. The number of esters is 3. The molecule has 1 atom stereocenters. The quantitative estimate of drug-likeness (QED) is 0.0261. The van der Waals surface area contributed by atoms with Crippen molar-refractivity contribution in [1.82, 2.24) is 0 Å². The lowest BCUT2D eigenvalue weighted by Gasteiger charge is -2.18. The lowest BCUT2D eigenvalue weighted by molar-refractivity contribution is -0.167. The van der Waals surface area contributed by atoms with Gasteiger partial charge in [0.25, 0.3) is 0 Å². The standard InChI is InChI=1S/C70H110O6/c1-4-7-10-13-16-19-22-25-28-30-31-32-33-34-35-36-37-38-39-41-42-45-48-51-54-57-60-63-69(72)75-66-67(65-74-68(71)62-59-56-53-50-47-44-27-24-21-18-15-12-9-6-3)76-70(73)64-61-58-55-52-49-46-43-40-29-26-23-20-17-14-11-8-5-2/h7-8,10-11,16-17,19-20,24-29,31-32,34-35,37-38,41-43,46,48,51,67H,4-6,9,12-15,18,21-23,30,33,36,39-40,44-45,47,49-50,52-66H2,1-3H3/b10-7-,11-8-,19-16-,20-17-,27-24-,28-25-,29-26-,32-31-,35-34-,38-37-,42-41-,46-43-,51-48-. The number of allylic oxidation sites excluding steroid dienone is 26. The minimum Gasteiger partial charge on any atom is -0.462 e. The second-order valence-electron chi connectivity index (χ2n) is 19.5. The maximum absolute atomic E-state index is 12.9. The normalized spacial score (nSPS) is 13.2. The van der Waals surface area contributed by atoms with Gasteiger partial charge in [-0.2, -0.15) is 0 Å². The van der Waals surface area contributed by atoms with Gasteiger partial charge >= 0.3 is 17.9 Å². The van der Waals surface area contributed by atoms with Gasteiger partial charge in [-0.15, -0.1) is 0 Å². The average molecular weight is 1050 g/mol. The Bertz CT molecular complexity index is 1720. The van der Waals surface area contributed by atoms with Crippen LogP contribution in [0.25, 0.3) is 0 Å². The topological polar surface area (TPSA) is 78.9 Å². The van der Waals surface area contributed by atoms with Gasteiger partial charge in [0.15, 0.2) is 6.10 Å². The predicted octanol–water partition coefficient (Wildman–Crippen LogP) is 20.9. The SMILES string of the molecule is CC/C=C\C/C=C\C/C=C\C/C=C\C/C=C\C/C=C\C/C=C\C/C=C\CCCCC(=O)OCC(COC(=O)CCCCCCC/C=C\CCCCCCC)OC(=O)CCCCCC/C=C\C/C=C\C/C=C\C/C=C\CC. The van der Waals surface area contributed by atoms with Crippen molar-refractivity contribution in [2.24, 2.45) is 0 Å². The lowest BCUT2D eigenvalue weighted by Crippen LogP contribution is -2.30. The molecule has 0 spiro atoms. The highest BCUT2D eigenvalue weighted by Crippen LogP contribution is 2.13. The van der Waals surface area contributed by atoms with Crippen LogP contribution in [0.3, 0.4) is 0 Å². The molecular weight excluding hydrogens is 937 g/mol. The van der Waals surface area contributed by atoms with Crippen molar-refractivity contribution in [2.75, 3.05) is 13.2 Å². The van der Waals surface area contributed by atoms with Crippen molar-refractivity contribution >= 4 is 17.9 Å². The Morgan fingerprint density at radius 3 is 0.842 bits per heavy atom. The molecule has 1 unspecified atom stereocenters. The summed E-state index contributed by atoms with van der Waals surface area (Å²) in [5.41, 5.74) is 0. The Morgan fingerprint density at radius 2 is 0.513 bits per heavy atom. The molecule has 0 saturated carbocycles. The summed E-state index contributed by atoms with van der Waals surface area (Å²) < 4.78 is 16.8. The van der Waals surface area contributed by atoms with Crippen molar-refractivity contribution in [3.05, 3.63) is 158 Å². The van der Waals surface area contributed by atoms with Crippen molar-refractivity contribution in [3.8, 4) is 0 Å². The molecule has 76 heavy (non-hydrogen) atoms. The Morgan fingerprint density at radius 1 is 0.276 bits per heavy atom. The summed E-state index contributed by atoms with van der Waals surface area (Å²) in [6.07, 6.45) is 91.0. The number of carbonyl (C=O) groups excluding carboxylic acids is 3. The molecule has 0 radical (unpaired) electrons. The van der Waals surface area contributed by atoms with Crippen LogP contribution in [-0.2, 0) is 28.6 Å². The molecule has 0 fully saturated rings. The van der Waals surface area contributed by atoms with E-state index in [1.165, 1.54) is 44.9 Å². The van der Waals surface area contributed by atoms with E-state index in [4.69, 9.17) is 14.2 Å². The van der Waals surface area contributed by atoms with Gasteiger partial charge in [0, 0.05) is 19.3 Å². The molecule has 0 aliphatic heterocycles. The molecule has 0 aliphatic rings. The number of unbranched alkanes of at least 4 members (excludes halogenated alkanes) is 16. The molecule has 0 heterocycles. The first-order valence-corrected chi connectivity index (χ1v) is 30.5. The average Bonchev–Trinajstić information content (AvgIpc) is 3.42. The molecule has 0 N–H and O–H groups in total. The summed E-state index contributed by atoms with van der Waals surface area (Å²) in [6.45, 7) is 6.33. The van der Waals surface area contributed by atoms with Crippen LogP contribution in [0.15, 0.2) is 158 Å². The molecule has 0 rings (SSSR count). The van der Waals surface area contributed by atoms with Crippen LogP contribution in [0.4, 0.5) is 0 Å².